The predicted molar refractivity (Wildman–Crippen MR) is 68.7 cm³/mol. The lowest BCUT2D eigenvalue weighted by atomic mass is 9.97. The minimum absolute atomic E-state index is 0.263. The summed E-state index contributed by atoms with van der Waals surface area (Å²) in [5, 5.41) is 19.6. The molecule has 1 N–H and O–H groups in total. The summed E-state index contributed by atoms with van der Waals surface area (Å²) < 4.78 is 13.3. The molecule has 1 heterocycles. The van der Waals surface area contributed by atoms with Gasteiger partial charge in [-0.1, -0.05) is 0 Å². The zero-order chi connectivity index (χ0) is 14.7. The van der Waals surface area contributed by atoms with Crippen LogP contribution in [0, 0.1) is 21.8 Å². The SMILES string of the molecule is O=C(O)C1CCN(Cc2cc(F)cc([N+](=O)[O-])c2)CC1. The molecule has 0 unspecified atom stereocenters. The summed E-state index contributed by atoms with van der Waals surface area (Å²) in [5.41, 5.74) is 0.269. The van der Waals surface area contributed by atoms with Crippen molar-refractivity contribution >= 4 is 11.7 Å². The van der Waals surface area contributed by atoms with Gasteiger partial charge in [-0.05, 0) is 37.6 Å². The van der Waals surface area contributed by atoms with Crippen molar-refractivity contribution in [1.29, 1.82) is 0 Å². The number of hydrogen-bond acceptors (Lipinski definition) is 4. The number of carboxylic acid groups (broad SMARTS) is 1. The summed E-state index contributed by atoms with van der Waals surface area (Å²) in [5.74, 6) is -1.74. The van der Waals surface area contributed by atoms with E-state index in [9.17, 15) is 19.3 Å². The molecule has 20 heavy (non-hydrogen) atoms. The minimum Gasteiger partial charge on any atom is -0.481 e. The average Bonchev–Trinajstić information content (AvgIpc) is 2.38. The highest BCUT2D eigenvalue weighted by Gasteiger charge is 2.24. The van der Waals surface area contributed by atoms with Gasteiger partial charge in [0.2, 0.25) is 0 Å². The average molecular weight is 282 g/mol. The van der Waals surface area contributed by atoms with Crippen LogP contribution in [0.3, 0.4) is 0 Å². The second kappa shape index (κ2) is 5.96. The zero-order valence-electron chi connectivity index (χ0n) is 10.8. The molecule has 0 amide bonds. The fourth-order valence-corrected chi connectivity index (χ4v) is 2.43. The van der Waals surface area contributed by atoms with Gasteiger partial charge in [0.25, 0.3) is 5.69 Å². The van der Waals surface area contributed by atoms with Gasteiger partial charge in [-0.3, -0.25) is 19.8 Å². The Morgan fingerprint density at radius 1 is 1.40 bits per heavy atom. The Morgan fingerprint density at radius 2 is 2.05 bits per heavy atom. The highest BCUT2D eigenvalue weighted by atomic mass is 19.1. The molecule has 1 aliphatic heterocycles. The number of halogens is 1. The van der Waals surface area contributed by atoms with E-state index in [1.165, 1.54) is 12.1 Å². The number of carboxylic acids is 1. The molecule has 1 saturated heterocycles. The smallest absolute Gasteiger partial charge is 0.306 e. The van der Waals surface area contributed by atoms with Gasteiger partial charge >= 0.3 is 5.97 Å². The number of benzene rings is 1. The van der Waals surface area contributed by atoms with Crippen molar-refractivity contribution in [3.05, 3.63) is 39.7 Å². The molecule has 0 aliphatic carbocycles. The Hall–Kier alpha value is -2.02. The monoisotopic (exact) mass is 282 g/mol. The lowest BCUT2D eigenvalue weighted by Crippen LogP contribution is -2.35. The molecule has 0 radical (unpaired) electrons. The second-order valence-electron chi connectivity index (χ2n) is 4.96. The van der Waals surface area contributed by atoms with Crippen LogP contribution in [0.4, 0.5) is 10.1 Å². The van der Waals surface area contributed by atoms with Crippen molar-refractivity contribution in [2.45, 2.75) is 19.4 Å². The van der Waals surface area contributed by atoms with Crippen molar-refractivity contribution in [2.24, 2.45) is 5.92 Å². The van der Waals surface area contributed by atoms with Crippen LogP contribution < -0.4 is 0 Å². The van der Waals surface area contributed by atoms with Crippen molar-refractivity contribution in [3.8, 4) is 0 Å². The van der Waals surface area contributed by atoms with E-state index >= 15 is 0 Å². The third-order valence-corrected chi connectivity index (χ3v) is 3.50. The molecule has 0 atom stereocenters. The normalized spacial score (nSPS) is 17.1. The van der Waals surface area contributed by atoms with Gasteiger partial charge < -0.3 is 5.11 Å². The third kappa shape index (κ3) is 3.51. The van der Waals surface area contributed by atoms with Crippen LogP contribution in [0.15, 0.2) is 18.2 Å². The number of aliphatic carboxylic acids is 1. The molecule has 0 bridgehead atoms. The van der Waals surface area contributed by atoms with E-state index in [0.717, 1.165) is 6.07 Å². The Balaban J connectivity index is 2.01. The Morgan fingerprint density at radius 3 is 2.60 bits per heavy atom. The number of likely N-dealkylation sites (tertiary alicyclic amines) is 1. The first-order chi connectivity index (χ1) is 9.45. The first-order valence-corrected chi connectivity index (χ1v) is 6.34. The van der Waals surface area contributed by atoms with Crippen LogP contribution in [-0.4, -0.2) is 34.0 Å². The van der Waals surface area contributed by atoms with Crippen molar-refractivity contribution < 1.29 is 19.2 Å². The van der Waals surface area contributed by atoms with Crippen molar-refractivity contribution in [1.82, 2.24) is 4.90 Å². The zero-order valence-corrected chi connectivity index (χ0v) is 10.8. The highest BCUT2D eigenvalue weighted by Crippen LogP contribution is 2.21. The summed E-state index contributed by atoms with van der Waals surface area (Å²) in [6.45, 7) is 1.59. The first kappa shape index (κ1) is 14.4. The van der Waals surface area contributed by atoms with Crippen LogP contribution in [0.2, 0.25) is 0 Å². The van der Waals surface area contributed by atoms with Crippen LogP contribution >= 0.6 is 0 Å². The van der Waals surface area contributed by atoms with E-state index in [2.05, 4.69) is 0 Å². The van der Waals surface area contributed by atoms with Crippen LogP contribution in [0.5, 0.6) is 0 Å². The molecule has 6 nitrogen and oxygen atoms in total. The standard InChI is InChI=1S/C13H15FN2O4/c14-11-5-9(6-12(7-11)16(19)20)8-15-3-1-10(2-4-15)13(17)18/h5-7,10H,1-4,8H2,(H,17,18). The highest BCUT2D eigenvalue weighted by molar-refractivity contribution is 5.70. The van der Waals surface area contributed by atoms with Crippen LogP contribution in [-0.2, 0) is 11.3 Å². The summed E-state index contributed by atoms with van der Waals surface area (Å²) in [4.78, 5) is 22.9. The topological polar surface area (TPSA) is 83.7 Å². The summed E-state index contributed by atoms with van der Waals surface area (Å²) >= 11 is 0. The number of nitro benzene ring substituents is 1. The molecule has 2 rings (SSSR count). The van der Waals surface area contributed by atoms with Gasteiger partial charge in [-0.25, -0.2) is 4.39 Å². The minimum atomic E-state index is -0.786. The van der Waals surface area contributed by atoms with E-state index in [1.807, 2.05) is 4.90 Å². The number of carbonyl (C=O) groups is 1. The molecule has 1 aromatic rings. The number of hydrogen-bond donors (Lipinski definition) is 1. The Bertz CT molecular complexity index is 527. The van der Waals surface area contributed by atoms with Gasteiger partial charge in [0, 0.05) is 12.6 Å². The summed E-state index contributed by atoms with van der Waals surface area (Å²) in [7, 11) is 0. The van der Waals surface area contributed by atoms with E-state index in [4.69, 9.17) is 5.11 Å². The Kier molecular flexibility index (Phi) is 4.29. The molecule has 0 saturated carbocycles. The molecule has 0 aromatic heterocycles. The molecular weight excluding hydrogens is 267 g/mol. The van der Waals surface area contributed by atoms with Gasteiger partial charge in [-0.2, -0.15) is 0 Å². The lowest BCUT2D eigenvalue weighted by molar-refractivity contribution is -0.385. The maximum atomic E-state index is 13.3. The molecule has 1 aromatic carbocycles. The number of nitrogens with zero attached hydrogens (tertiary/aromatic N) is 2. The molecule has 0 spiro atoms. The number of rotatable bonds is 4. The van der Waals surface area contributed by atoms with Crippen LogP contribution in [0.1, 0.15) is 18.4 Å². The lowest BCUT2D eigenvalue weighted by Gasteiger charge is -2.29. The summed E-state index contributed by atoms with van der Waals surface area (Å²) in [6, 6.07) is 3.52. The van der Waals surface area contributed by atoms with Crippen molar-refractivity contribution in [2.75, 3.05) is 13.1 Å². The number of non-ortho nitro benzene ring substituents is 1. The summed E-state index contributed by atoms with van der Waals surface area (Å²) in [6.07, 6.45) is 1.10. The second-order valence-corrected chi connectivity index (χ2v) is 4.96. The number of piperidine rings is 1. The quantitative estimate of drug-likeness (QED) is 0.674. The third-order valence-electron chi connectivity index (χ3n) is 3.50. The molecule has 7 heteroatoms. The van der Waals surface area contributed by atoms with E-state index in [-0.39, 0.29) is 11.6 Å². The molecule has 108 valence electrons. The van der Waals surface area contributed by atoms with Gasteiger partial charge in [0.05, 0.1) is 16.9 Å². The van der Waals surface area contributed by atoms with Gasteiger partial charge in [-0.15, -0.1) is 0 Å². The predicted octanol–water partition coefficient (Wildman–Crippen LogP) is 2.03. The molecule has 1 aliphatic rings. The van der Waals surface area contributed by atoms with Crippen LogP contribution in [0.25, 0.3) is 0 Å². The molecular formula is C13H15FN2O4. The maximum Gasteiger partial charge on any atom is 0.306 e. The van der Waals surface area contributed by atoms with Gasteiger partial charge in [0.1, 0.15) is 5.82 Å². The fourth-order valence-electron chi connectivity index (χ4n) is 2.43. The van der Waals surface area contributed by atoms with Gasteiger partial charge in [0.15, 0.2) is 0 Å². The first-order valence-electron chi connectivity index (χ1n) is 6.34. The van der Waals surface area contributed by atoms with E-state index in [1.54, 1.807) is 0 Å². The van der Waals surface area contributed by atoms with E-state index < -0.39 is 16.7 Å². The largest absolute Gasteiger partial charge is 0.481 e. The van der Waals surface area contributed by atoms with E-state index in [0.29, 0.717) is 38.0 Å². The van der Waals surface area contributed by atoms with Crippen molar-refractivity contribution in [3.63, 3.8) is 0 Å². The number of nitro groups is 1. The Labute approximate surface area is 115 Å². The fraction of sp³-hybridized carbons (Fsp3) is 0.462. The molecule has 1 fully saturated rings. The maximum absolute atomic E-state index is 13.3.